The molecule has 0 atom stereocenters. The van der Waals surface area contributed by atoms with Crippen molar-refractivity contribution >= 4 is 17.2 Å². The number of rotatable bonds is 10. The molecule has 1 aliphatic rings. The van der Waals surface area contributed by atoms with E-state index >= 15 is 0 Å². The Labute approximate surface area is 146 Å². The average Bonchev–Trinajstić information content (AvgIpc) is 3.09. The summed E-state index contributed by atoms with van der Waals surface area (Å²) in [5.74, 6) is 0. The minimum atomic E-state index is 0.808. The lowest BCUT2D eigenvalue weighted by atomic mass is 9.94. The van der Waals surface area contributed by atoms with Gasteiger partial charge in [-0.15, -0.1) is 0 Å². The molecule has 0 unspecified atom stereocenters. The first-order valence-electron chi connectivity index (χ1n) is 9.15. The highest BCUT2D eigenvalue weighted by molar-refractivity contribution is 6.30. The van der Waals surface area contributed by atoms with Gasteiger partial charge in [0, 0.05) is 5.02 Å². The van der Waals surface area contributed by atoms with E-state index < -0.39 is 0 Å². The molecular formula is C22H29Cl. The summed E-state index contributed by atoms with van der Waals surface area (Å²) < 4.78 is 0. The average molecular weight is 329 g/mol. The van der Waals surface area contributed by atoms with E-state index in [1.807, 2.05) is 12.1 Å². The van der Waals surface area contributed by atoms with Gasteiger partial charge in [-0.2, -0.15) is 0 Å². The summed E-state index contributed by atoms with van der Waals surface area (Å²) in [6, 6.07) is 8.28. The Morgan fingerprint density at radius 1 is 0.783 bits per heavy atom. The minimum absolute atomic E-state index is 0.808. The standard InChI is InChI=1S/C22H29Cl/c1-2-3-4-5-6-7-8-9-14-22(19-12-10-11-13-19)20-15-17-21(23)18-16-20/h10-13,15-18H,2-9,14H2,1H3. The molecule has 0 nitrogen and oxygen atoms in total. The number of benzene rings is 1. The molecule has 1 aliphatic carbocycles. The first-order chi connectivity index (χ1) is 11.3. The van der Waals surface area contributed by atoms with Gasteiger partial charge in [-0.05, 0) is 41.7 Å². The second-order valence-corrected chi connectivity index (χ2v) is 6.82. The van der Waals surface area contributed by atoms with Crippen molar-refractivity contribution < 1.29 is 0 Å². The predicted octanol–water partition coefficient (Wildman–Crippen LogP) is 7.75. The number of halogens is 1. The summed E-state index contributed by atoms with van der Waals surface area (Å²) >= 11 is 6.03. The molecule has 0 saturated heterocycles. The minimum Gasteiger partial charge on any atom is -0.0843 e. The molecule has 1 aromatic rings. The van der Waals surface area contributed by atoms with Gasteiger partial charge in [0.25, 0.3) is 0 Å². The van der Waals surface area contributed by atoms with Gasteiger partial charge < -0.3 is 0 Å². The molecule has 0 radical (unpaired) electrons. The van der Waals surface area contributed by atoms with E-state index in [0.29, 0.717) is 0 Å². The van der Waals surface area contributed by atoms with Crippen molar-refractivity contribution in [3.8, 4) is 0 Å². The summed E-state index contributed by atoms with van der Waals surface area (Å²) in [6.07, 6.45) is 20.8. The maximum atomic E-state index is 6.03. The molecule has 0 spiro atoms. The summed E-state index contributed by atoms with van der Waals surface area (Å²) in [5.41, 5.74) is 4.12. The number of hydrogen-bond acceptors (Lipinski definition) is 0. The molecule has 124 valence electrons. The van der Waals surface area contributed by atoms with Crippen LogP contribution in [0.4, 0.5) is 0 Å². The fourth-order valence-corrected chi connectivity index (χ4v) is 3.24. The highest BCUT2D eigenvalue weighted by atomic mass is 35.5. The lowest BCUT2D eigenvalue weighted by Gasteiger charge is -2.11. The summed E-state index contributed by atoms with van der Waals surface area (Å²) in [5, 5.41) is 0.808. The molecular weight excluding hydrogens is 300 g/mol. The predicted molar refractivity (Wildman–Crippen MR) is 104 cm³/mol. The van der Waals surface area contributed by atoms with Crippen LogP contribution >= 0.6 is 11.6 Å². The van der Waals surface area contributed by atoms with Gasteiger partial charge in [-0.3, -0.25) is 0 Å². The Hall–Kier alpha value is -1.27. The van der Waals surface area contributed by atoms with Crippen LogP contribution in [0.1, 0.15) is 70.3 Å². The third-order valence-corrected chi connectivity index (χ3v) is 4.74. The van der Waals surface area contributed by atoms with Gasteiger partial charge in [0.2, 0.25) is 0 Å². The maximum Gasteiger partial charge on any atom is 0.0406 e. The van der Waals surface area contributed by atoms with Gasteiger partial charge in [-0.1, -0.05) is 99.9 Å². The Kier molecular flexibility index (Phi) is 8.25. The van der Waals surface area contributed by atoms with Gasteiger partial charge in [0.1, 0.15) is 0 Å². The summed E-state index contributed by atoms with van der Waals surface area (Å²) in [6.45, 7) is 2.28. The van der Waals surface area contributed by atoms with Crippen LogP contribution in [0.25, 0.3) is 5.57 Å². The molecule has 0 fully saturated rings. The van der Waals surface area contributed by atoms with E-state index in [-0.39, 0.29) is 0 Å². The fourth-order valence-electron chi connectivity index (χ4n) is 3.12. The molecule has 0 N–H and O–H groups in total. The zero-order valence-corrected chi connectivity index (χ0v) is 15.1. The van der Waals surface area contributed by atoms with Crippen LogP contribution in [0.2, 0.25) is 5.02 Å². The lowest BCUT2D eigenvalue weighted by Crippen LogP contribution is -1.90. The van der Waals surface area contributed by atoms with Crippen molar-refractivity contribution in [2.75, 3.05) is 0 Å². The molecule has 0 aromatic heterocycles. The van der Waals surface area contributed by atoms with Crippen molar-refractivity contribution in [3.63, 3.8) is 0 Å². The topological polar surface area (TPSA) is 0 Å². The third kappa shape index (κ3) is 6.39. The first kappa shape index (κ1) is 18.1. The molecule has 1 aromatic carbocycles. The summed E-state index contributed by atoms with van der Waals surface area (Å²) in [7, 11) is 0. The van der Waals surface area contributed by atoms with Gasteiger partial charge in [-0.25, -0.2) is 0 Å². The normalized spacial score (nSPS) is 13.0. The van der Waals surface area contributed by atoms with E-state index in [2.05, 4.69) is 43.4 Å². The first-order valence-corrected chi connectivity index (χ1v) is 9.53. The largest absolute Gasteiger partial charge is 0.0843 e. The summed E-state index contributed by atoms with van der Waals surface area (Å²) in [4.78, 5) is 0. The highest BCUT2D eigenvalue weighted by Crippen LogP contribution is 2.29. The molecule has 0 bridgehead atoms. The number of hydrogen-bond donors (Lipinski definition) is 0. The van der Waals surface area contributed by atoms with Crippen LogP contribution in [0.15, 0.2) is 54.1 Å². The molecule has 0 heterocycles. The smallest absolute Gasteiger partial charge is 0.0406 e. The number of unbranched alkanes of at least 4 members (excludes halogenated alkanes) is 7. The zero-order chi connectivity index (χ0) is 16.3. The molecule has 0 amide bonds. The molecule has 0 aliphatic heterocycles. The molecule has 23 heavy (non-hydrogen) atoms. The van der Waals surface area contributed by atoms with E-state index in [1.165, 1.54) is 68.1 Å². The Morgan fingerprint density at radius 3 is 1.96 bits per heavy atom. The van der Waals surface area contributed by atoms with Crippen molar-refractivity contribution in [1.29, 1.82) is 0 Å². The maximum absolute atomic E-state index is 6.03. The van der Waals surface area contributed by atoms with Gasteiger partial charge in [0.15, 0.2) is 0 Å². The van der Waals surface area contributed by atoms with Crippen molar-refractivity contribution in [2.24, 2.45) is 0 Å². The van der Waals surface area contributed by atoms with Crippen LogP contribution in [0.5, 0.6) is 0 Å². The van der Waals surface area contributed by atoms with Crippen molar-refractivity contribution in [3.05, 3.63) is 64.7 Å². The molecule has 1 heteroatoms. The van der Waals surface area contributed by atoms with Crippen LogP contribution in [0, 0.1) is 0 Å². The van der Waals surface area contributed by atoms with E-state index in [1.54, 1.807) is 0 Å². The molecule has 2 rings (SSSR count). The second-order valence-electron chi connectivity index (χ2n) is 6.38. The van der Waals surface area contributed by atoms with E-state index in [9.17, 15) is 0 Å². The molecule has 0 saturated carbocycles. The van der Waals surface area contributed by atoms with Gasteiger partial charge in [0.05, 0.1) is 0 Å². The SMILES string of the molecule is CCCCCCCCCCC(=C1C=CC=C1)c1ccc(Cl)cc1. The Balaban J connectivity index is 1.83. The van der Waals surface area contributed by atoms with Gasteiger partial charge >= 0.3 is 0 Å². The van der Waals surface area contributed by atoms with E-state index in [0.717, 1.165) is 11.4 Å². The van der Waals surface area contributed by atoms with Crippen LogP contribution in [-0.2, 0) is 0 Å². The Bertz CT molecular complexity index is 532. The third-order valence-electron chi connectivity index (χ3n) is 4.48. The van der Waals surface area contributed by atoms with Crippen LogP contribution in [-0.4, -0.2) is 0 Å². The second kappa shape index (κ2) is 10.5. The fraction of sp³-hybridized carbons (Fsp3) is 0.455. The monoisotopic (exact) mass is 328 g/mol. The van der Waals surface area contributed by atoms with Crippen LogP contribution < -0.4 is 0 Å². The lowest BCUT2D eigenvalue weighted by molar-refractivity contribution is 0.579. The Morgan fingerprint density at radius 2 is 1.35 bits per heavy atom. The zero-order valence-electron chi connectivity index (χ0n) is 14.4. The highest BCUT2D eigenvalue weighted by Gasteiger charge is 2.07. The van der Waals surface area contributed by atoms with Crippen molar-refractivity contribution in [1.82, 2.24) is 0 Å². The van der Waals surface area contributed by atoms with E-state index in [4.69, 9.17) is 11.6 Å². The number of allylic oxidation sites excluding steroid dienone is 6. The van der Waals surface area contributed by atoms with Crippen LogP contribution in [0.3, 0.4) is 0 Å². The quantitative estimate of drug-likeness (QED) is 0.385. The van der Waals surface area contributed by atoms with Crippen molar-refractivity contribution in [2.45, 2.75) is 64.7 Å².